The van der Waals surface area contributed by atoms with Crippen molar-refractivity contribution < 1.29 is 18.0 Å². The third kappa shape index (κ3) is 2.67. The fourth-order valence-corrected chi connectivity index (χ4v) is 3.19. The Morgan fingerprint density at radius 1 is 0.792 bits per heavy atom. The van der Waals surface area contributed by atoms with Crippen LogP contribution in [0.25, 0.3) is 0 Å². The molecule has 1 unspecified atom stereocenters. The van der Waals surface area contributed by atoms with Gasteiger partial charge in [0.05, 0.1) is 16.3 Å². The summed E-state index contributed by atoms with van der Waals surface area (Å²) in [6.07, 6.45) is 1.12. The normalized spacial score (nSPS) is 18.3. The van der Waals surface area contributed by atoms with E-state index in [1.165, 1.54) is 34.3 Å². The summed E-state index contributed by atoms with van der Waals surface area (Å²) in [6.45, 7) is 1.56. The summed E-state index contributed by atoms with van der Waals surface area (Å²) in [5.74, 6) is -1.46. The van der Waals surface area contributed by atoms with Crippen LogP contribution in [0.5, 0.6) is 0 Å². The van der Waals surface area contributed by atoms with Crippen molar-refractivity contribution in [3.63, 3.8) is 0 Å². The van der Waals surface area contributed by atoms with E-state index in [0.29, 0.717) is 11.4 Å². The van der Waals surface area contributed by atoms with E-state index in [2.05, 4.69) is 0 Å². The predicted molar refractivity (Wildman–Crippen MR) is 90.1 cm³/mol. The van der Waals surface area contributed by atoms with E-state index in [0.717, 1.165) is 6.26 Å². The van der Waals surface area contributed by atoms with E-state index in [-0.39, 0.29) is 16.7 Å². The first-order valence-corrected chi connectivity index (χ1v) is 9.23. The standard InChI is InChI=1S/C17H16N2O4S/c1-12-16(20)18(13-6-4-3-5-7-13)19(17(12)21)14-8-10-15(11-9-14)24(2,22)23/h3-12H,1-2H3. The molecule has 2 aromatic rings. The molecule has 2 aromatic carbocycles. The fourth-order valence-electron chi connectivity index (χ4n) is 2.56. The number of benzene rings is 2. The van der Waals surface area contributed by atoms with Crippen LogP contribution >= 0.6 is 0 Å². The van der Waals surface area contributed by atoms with E-state index in [1.807, 2.05) is 6.07 Å². The number of nitrogens with zero attached hydrogens (tertiary/aromatic N) is 2. The van der Waals surface area contributed by atoms with E-state index >= 15 is 0 Å². The average molecular weight is 344 g/mol. The Bertz CT molecular complexity index is 892. The Morgan fingerprint density at radius 3 is 1.71 bits per heavy atom. The summed E-state index contributed by atoms with van der Waals surface area (Å²) in [5.41, 5.74) is 1.02. The summed E-state index contributed by atoms with van der Waals surface area (Å²) >= 11 is 0. The number of rotatable bonds is 3. The molecule has 124 valence electrons. The van der Waals surface area contributed by atoms with E-state index in [1.54, 1.807) is 31.2 Å². The van der Waals surface area contributed by atoms with E-state index in [9.17, 15) is 18.0 Å². The van der Waals surface area contributed by atoms with Crippen molar-refractivity contribution in [2.24, 2.45) is 5.92 Å². The topological polar surface area (TPSA) is 74.8 Å². The highest BCUT2D eigenvalue weighted by atomic mass is 32.2. The van der Waals surface area contributed by atoms with Gasteiger partial charge in [0.2, 0.25) is 0 Å². The van der Waals surface area contributed by atoms with Crippen molar-refractivity contribution in [3.05, 3.63) is 54.6 Å². The molecule has 0 spiro atoms. The van der Waals surface area contributed by atoms with Crippen LogP contribution in [-0.2, 0) is 19.4 Å². The number of hydrogen-bond acceptors (Lipinski definition) is 4. The molecule has 0 aromatic heterocycles. The molecular weight excluding hydrogens is 328 g/mol. The van der Waals surface area contributed by atoms with Gasteiger partial charge in [0.25, 0.3) is 11.8 Å². The quantitative estimate of drug-likeness (QED) is 0.799. The first-order valence-electron chi connectivity index (χ1n) is 7.34. The fraction of sp³-hybridized carbons (Fsp3) is 0.176. The van der Waals surface area contributed by atoms with Crippen LogP contribution < -0.4 is 10.0 Å². The second kappa shape index (κ2) is 5.76. The molecule has 1 aliphatic rings. The van der Waals surface area contributed by atoms with Crippen LogP contribution in [-0.4, -0.2) is 26.5 Å². The summed E-state index contributed by atoms with van der Waals surface area (Å²) in [5, 5.41) is 2.61. The Hall–Kier alpha value is -2.67. The molecule has 7 heteroatoms. The van der Waals surface area contributed by atoms with Crippen LogP contribution in [0.3, 0.4) is 0 Å². The van der Waals surface area contributed by atoms with Crippen molar-refractivity contribution in [3.8, 4) is 0 Å². The largest absolute Gasteiger partial charge is 0.272 e. The maximum atomic E-state index is 12.5. The Kier molecular flexibility index (Phi) is 3.88. The number of hydrazine groups is 1. The highest BCUT2D eigenvalue weighted by Crippen LogP contribution is 2.31. The lowest BCUT2D eigenvalue weighted by Gasteiger charge is -2.27. The highest BCUT2D eigenvalue weighted by molar-refractivity contribution is 7.90. The summed E-state index contributed by atoms with van der Waals surface area (Å²) < 4.78 is 23.1. The zero-order valence-electron chi connectivity index (χ0n) is 13.2. The van der Waals surface area contributed by atoms with Crippen molar-refractivity contribution in [1.82, 2.24) is 0 Å². The van der Waals surface area contributed by atoms with Gasteiger partial charge in [-0.2, -0.15) is 0 Å². The van der Waals surface area contributed by atoms with E-state index < -0.39 is 15.8 Å². The number of sulfone groups is 1. The Morgan fingerprint density at radius 2 is 1.25 bits per heavy atom. The lowest BCUT2D eigenvalue weighted by Crippen LogP contribution is -2.41. The molecule has 0 aliphatic carbocycles. The minimum Gasteiger partial charge on any atom is -0.272 e. The number of amides is 2. The van der Waals surface area contributed by atoms with Crippen LogP contribution in [0.1, 0.15) is 6.92 Å². The van der Waals surface area contributed by atoms with Crippen molar-refractivity contribution in [2.45, 2.75) is 11.8 Å². The first kappa shape index (κ1) is 16.2. The monoisotopic (exact) mass is 344 g/mol. The Labute approximate surface area is 140 Å². The number of carbonyl (C=O) groups is 2. The van der Waals surface area contributed by atoms with Crippen LogP contribution in [0.2, 0.25) is 0 Å². The molecule has 3 rings (SSSR count). The van der Waals surface area contributed by atoms with Gasteiger partial charge in [-0.15, -0.1) is 0 Å². The summed E-state index contributed by atoms with van der Waals surface area (Å²) in [6, 6.07) is 14.7. The molecule has 0 bridgehead atoms. The van der Waals surface area contributed by atoms with Gasteiger partial charge < -0.3 is 0 Å². The van der Waals surface area contributed by atoms with Gasteiger partial charge in [0.15, 0.2) is 9.84 Å². The molecule has 1 heterocycles. The Balaban J connectivity index is 2.06. The van der Waals surface area contributed by atoms with Crippen LogP contribution in [0.4, 0.5) is 11.4 Å². The minimum atomic E-state index is -3.33. The van der Waals surface area contributed by atoms with Crippen molar-refractivity contribution in [2.75, 3.05) is 16.3 Å². The number of para-hydroxylation sites is 1. The lowest BCUT2D eigenvalue weighted by atomic mass is 10.1. The third-order valence-electron chi connectivity index (χ3n) is 3.87. The number of anilines is 2. The molecular formula is C17H16N2O4S. The lowest BCUT2D eigenvalue weighted by molar-refractivity contribution is -0.126. The van der Waals surface area contributed by atoms with Crippen LogP contribution in [0, 0.1) is 5.92 Å². The van der Waals surface area contributed by atoms with Gasteiger partial charge >= 0.3 is 0 Å². The molecule has 1 saturated heterocycles. The van der Waals surface area contributed by atoms with Crippen molar-refractivity contribution in [1.29, 1.82) is 0 Å². The smallest absolute Gasteiger partial charge is 0.258 e. The van der Waals surface area contributed by atoms with Gasteiger partial charge in [-0.25, -0.2) is 18.4 Å². The SMILES string of the molecule is CC1C(=O)N(c2ccccc2)N(c2ccc(S(C)(=O)=O)cc2)C1=O. The molecule has 6 nitrogen and oxygen atoms in total. The number of hydrogen-bond donors (Lipinski definition) is 0. The highest BCUT2D eigenvalue weighted by Gasteiger charge is 2.44. The third-order valence-corrected chi connectivity index (χ3v) is 5.00. The van der Waals surface area contributed by atoms with Crippen LogP contribution in [0.15, 0.2) is 59.5 Å². The van der Waals surface area contributed by atoms with Gasteiger partial charge in [-0.1, -0.05) is 18.2 Å². The summed E-state index contributed by atoms with van der Waals surface area (Å²) in [4.78, 5) is 25.2. The molecule has 24 heavy (non-hydrogen) atoms. The molecule has 2 amide bonds. The summed E-state index contributed by atoms with van der Waals surface area (Å²) in [7, 11) is -3.33. The minimum absolute atomic E-state index is 0.156. The second-order valence-corrected chi connectivity index (χ2v) is 7.64. The predicted octanol–water partition coefficient (Wildman–Crippen LogP) is 2.02. The molecule has 1 atom stereocenters. The molecule has 0 N–H and O–H groups in total. The van der Waals surface area contributed by atoms with E-state index in [4.69, 9.17) is 0 Å². The molecule has 0 radical (unpaired) electrons. The molecule has 1 fully saturated rings. The first-order chi connectivity index (χ1) is 11.3. The van der Waals surface area contributed by atoms with Gasteiger partial charge in [0.1, 0.15) is 5.92 Å². The number of carbonyl (C=O) groups excluding carboxylic acids is 2. The maximum absolute atomic E-state index is 12.5. The molecule has 0 saturated carbocycles. The zero-order chi connectivity index (χ0) is 17.5. The average Bonchev–Trinajstić information content (AvgIpc) is 2.79. The van der Waals surface area contributed by atoms with Crippen molar-refractivity contribution >= 4 is 33.0 Å². The van der Waals surface area contributed by atoms with Gasteiger partial charge in [-0.05, 0) is 43.3 Å². The van der Waals surface area contributed by atoms with Gasteiger partial charge in [-0.3, -0.25) is 9.59 Å². The maximum Gasteiger partial charge on any atom is 0.258 e. The zero-order valence-corrected chi connectivity index (χ0v) is 14.0. The molecule has 1 aliphatic heterocycles. The second-order valence-electron chi connectivity index (χ2n) is 5.62. The van der Waals surface area contributed by atoms with Gasteiger partial charge in [0, 0.05) is 6.26 Å².